The predicted molar refractivity (Wildman–Crippen MR) is 77.5 cm³/mol. The summed E-state index contributed by atoms with van der Waals surface area (Å²) in [6, 6.07) is 5.20. The van der Waals surface area contributed by atoms with Crippen molar-refractivity contribution in [2.45, 2.75) is 6.92 Å². The zero-order valence-corrected chi connectivity index (χ0v) is 13.0. The standard InChI is InChI=1S/C14H14BrNO4/c1-4-20-13-11(15)6-9(7-12(13)18-2)5-10(8-16)14(17)19-3/h5-7H,4H2,1-3H3/b10-5-. The fourth-order valence-electron chi connectivity index (χ4n) is 1.52. The van der Waals surface area contributed by atoms with Crippen LogP contribution in [0.5, 0.6) is 11.5 Å². The minimum atomic E-state index is -0.684. The Balaban J connectivity index is 3.28. The fraction of sp³-hybridized carbons (Fsp3) is 0.286. The highest BCUT2D eigenvalue weighted by Crippen LogP contribution is 2.37. The Morgan fingerprint density at radius 2 is 2.15 bits per heavy atom. The lowest BCUT2D eigenvalue weighted by molar-refractivity contribution is -0.135. The molecule has 0 saturated heterocycles. The molecular weight excluding hydrogens is 326 g/mol. The van der Waals surface area contributed by atoms with Crippen LogP contribution in [0.4, 0.5) is 0 Å². The minimum absolute atomic E-state index is 0.0920. The van der Waals surface area contributed by atoms with Crippen LogP contribution >= 0.6 is 15.9 Å². The highest BCUT2D eigenvalue weighted by atomic mass is 79.9. The molecule has 0 bridgehead atoms. The summed E-state index contributed by atoms with van der Waals surface area (Å²) in [5.41, 5.74) is 0.532. The number of hydrogen-bond acceptors (Lipinski definition) is 5. The van der Waals surface area contributed by atoms with Crippen LogP contribution in [0, 0.1) is 11.3 Å². The van der Waals surface area contributed by atoms with E-state index in [1.165, 1.54) is 20.3 Å². The summed E-state index contributed by atoms with van der Waals surface area (Å²) in [7, 11) is 2.74. The second kappa shape index (κ2) is 7.56. The van der Waals surface area contributed by atoms with Crippen LogP contribution < -0.4 is 9.47 Å². The molecule has 0 aliphatic carbocycles. The molecule has 106 valence electrons. The van der Waals surface area contributed by atoms with Gasteiger partial charge in [0.05, 0.1) is 25.3 Å². The molecule has 0 aliphatic rings. The van der Waals surface area contributed by atoms with E-state index in [-0.39, 0.29) is 5.57 Å². The minimum Gasteiger partial charge on any atom is -0.493 e. The first-order chi connectivity index (χ1) is 9.57. The Morgan fingerprint density at radius 3 is 2.65 bits per heavy atom. The molecule has 20 heavy (non-hydrogen) atoms. The Bertz CT molecular complexity index is 575. The van der Waals surface area contributed by atoms with Gasteiger partial charge in [-0.3, -0.25) is 0 Å². The summed E-state index contributed by atoms with van der Waals surface area (Å²) in [6.07, 6.45) is 1.43. The van der Waals surface area contributed by atoms with Crippen molar-refractivity contribution in [3.05, 3.63) is 27.7 Å². The molecule has 1 aromatic rings. The van der Waals surface area contributed by atoms with Gasteiger partial charge in [0.2, 0.25) is 0 Å². The number of hydrogen-bond donors (Lipinski definition) is 0. The first kappa shape index (κ1) is 16.1. The largest absolute Gasteiger partial charge is 0.493 e. The summed E-state index contributed by atoms with van der Waals surface area (Å²) in [5.74, 6) is 0.398. The molecule has 0 radical (unpaired) electrons. The third-order valence-electron chi connectivity index (χ3n) is 2.38. The maximum Gasteiger partial charge on any atom is 0.348 e. The Kier molecular flexibility index (Phi) is 6.07. The number of nitrogens with zero attached hydrogens (tertiary/aromatic N) is 1. The van der Waals surface area contributed by atoms with Gasteiger partial charge in [-0.05, 0) is 46.6 Å². The van der Waals surface area contributed by atoms with Crippen molar-refractivity contribution in [1.29, 1.82) is 5.26 Å². The molecular formula is C14H14BrNO4. The van der Waals surface area contributed by atoms with E-state index in [1.54, 1.807) is 18.2 Å². The van der Waals surface area contributed by atoms with Crippen LogP contribution in [0.1, 0.15) is 12.5 Å². The summed E-state index contributed by atoms with van der Waals surface area (Å²) in [5, 5.41) is 8.94. The van der Waals surface area contributed by atoms with Crippen LogP contribution in [0.3, 0.4) is 0 Å². The highest BCUT2D eigenvalue weighted by Gasteiger charge is 2.13. The molecule has 0 fully saturated rings. The van der Waals surface area contributed by atoms with Gasteiger partial charge in [0.15, 0.2) is 11.5 Å². The van der Waals surface area contributed by atoms with Gasteiger partial charge in [-0.1, -0.05) is 0 Å². The number of ether oxygens (including phenoxy) is 3. The van der Waals surface area contributed by atoms with Crippen molar-refractivity contribution in [3.8, 4) is 17.6 Å². The normalized spacial score (nSPS) is 10.7. The zero-order chi connectivity index (χ0) is 15.1. The number of halogens is 1. The SMILES string of the molecule is CCOc1c(Br)cc(/C=C(/C#N)C(=O)OC)cc1OC. The Hall–Kier alpha value is -2.00. The molecule has 1 aromatic carbocycles. The van der Waals surface area contributed by atoms with Crippen LogP contribution in [-0.2, 0) is 9.53 Å². The van der Waals surface area contributed by atoms with E-state index in [9.17, 15) is 4.79 Å². The van der Waals surface area contributed by atoms with Crippen LogP contribution in [0.2, 0.25) is 0 Å². The van der Waals surface area contributed by atoms with E-state index < -0.39 is 5.97 Å². The number of nitriles is 1. The monoisotopic (exact) mass is 339 g/mol. The van der Waals surface area contributed by atoms with E-state index in [0.29, 0.717) is 28.1 Å². The number of methoxy groups -OCH3 is 2. The highest BCUT2D eigenvalue weighted by molar-refractivity contribution is 9.10. The smallest absolute Gasteiger partial charge is 0.348 e. The third-order valence-corrected chi connectivity index (χ3v) is 2.97. The van der Waals surface area contributed by atoms with Gasteiger partial charge in [0.25, 0.3) is 0 Å². The van der Waals surface area contributed by atoms with Gasteiger partial charge < -0.3 is 14.2 Å². The number of carbonyl (C=O) groups is 1. The average molecular weight is 340 g/mol. The van der Waals surface area contributed by atoms with Gasteiger partial charge in [0.1, 0.15) is 11.6 Å². The van der Waals surface area contributed by atoms with Crippen molar-refractivity contribution in [3.63, 3.8) is 0 Å². The molecule has 0 saturated carbocycles. The molecule has 0 aliphatic heterocycles. The maximum absolute atomic E-state index is 11.4. The van der Waals surface area contributed by atoms with Gasteiger partial charge >= 0.3 is 5.97 Å². The number of benzene rings is 1. The zero-order valence-electron chi connectivity index (χ0n) is 11.4. The lowest BCUT2D eigenvalue weighted by atomic mass is 10.1. The van der Waals surface area contributed by atoms with Gasteiger partial charge in [-0.25, -0.2) is 4.79 Å². The van der Waals surface area contributed by atoms with Gasteiger partial charge in [-0.2, -0.15) is 5.26 Å². The topological polar surface area (TPSA) is 68.5 Å². The molecule has 0 unspecified atom stereocenters. The summed E-state index contributed by atoms with van der Waals surface area (Å²) >= 11 is 3.37. The molecule has 0 amide bonds. The first-order valence-corrected chi connectivity index (χ1v) is 6.57. The second-order valence-corrected chi connectivity index (χ2v) is 4.48. The van der Waals surface area contributed by atoms with Crippen molar-refractivity contribution >= 4 is 28.0 Å². The Labute approximate surface area is 125 Å². The number of carbonyl (C=O) groups excluding carboxylic acids is 1. The van der Waals surface area contributed by atoms with Crippen LogP contribution in [-0.4, -0.2) is 26.8 Å². The quantitative estimate of drug-likeness (QED) is 0.468. The van der Waals surface area contributed by atoms with E-state index in [4.69, 9.17) is 14.7 Å². The summed E-state index contributed by atoms with van der Waals surface area (Å²) in [6.45, 7) is 2.36. The molecule has 0 heterocycles. The molecule has 5 nitrogen and oxygen atoms in total. The van der Waals surface area contributed by atoms with Crippen molar-refractivity contribution < 1.29 is 19.0 Å². The van der Waals surface area contributed by atoms with Crippen LogP contribution in [0.15, 0.2) is 22.2 Å². The molecule has 1 rings (SSSR count). The number of rotatable bonds is 5. The van der Waals surface area contributed by atoms with Gasteiger partial charge in [0, 0.05) is 0 Å². The predicted octanol–water partition coefficient (Wildman–Crippen LogP) is 2.94. The van der Waals surface area contributed by atoms with Crippen molar-refractivity contribution in [2.75, 3.05) is 20.8 Å². The second-order valence-electron chi connectivity index (χ2n) is 3.63. The summed E-state index contributed by atoms with van der Waals surface area (Å²) < 4.78 is 15.9. The van der Waals surface area contributed by atoms with Gasteiger partial charge in [-0.15, -0.1) is 0 Å². The fourth-order valence-corrected chi connectivity index (χ4v) is 2.10. The molecule has 6 heteroatoms. The molecule has 0 N–H and O–H groups in total. The maximum atomic E-state index is 11.4. The lowest BCUT2D eigenvalue weighted by Gasteiger charge is -2.12. The lowest BCUT2D eigenvalue weighted by Crippen LogP contribution is -2.02. The number of esters is 1. The van der Waals surface area contributed by atoms with E-state index >= 15 is 0 Å². The van der Waals surface area contributed by atoms with E-state index in [2.05, 4.69) is 20.7 Å². The molecule has 0 spiro atoms. The van der Waals surface area contributed by atoms with E-state index in [0.717, 1.165) is 0 Å². The van der Waals surface area contributed by atoms with Crippen LogP contribution in [0.25, 0.3) is 6.08 Å². The van der Waals surface area contributed by atoms with Crippen molar-refractivity contribution in [2.24, 2.45) is 0 Å². The summed E-state index contributed by atoms with van der Waals surface area (Å²) in [4.78, 5) is 11.4. The van der Waals surface area contributed by atoms with E-state index in [1.807, 2.05) is 6.92 Å². The Morgan fingerprint density at radius 1 is 1.45 bits per heavy atom. The average Bonchev–Trinajstić information content (AvgIpc) is 2.46. The molecule has 0 aromatic heterocycles. The first-order valence-electron chi connectivity index (χ1n) is 5.77. The van der Waals surface area contributed by atoms with Crippen molar-refractivity contribution in [1.82, 2.24) is 0 Å². The third kappa shape index (κ3) is 3.75. The molecule has 0 atom stereocenters.